The topological polar surface area (TPSA) is 62.7 Å². The van der Waals surface area contributed by atoms with Gasteiger partial charge in [0.2, 0.25) is 0 Å². The number of aromatic nitrogens is 1. The van der Waals surface area contributed by atoms with Gasteiger partial charge < -0.3 is 14.7 Å². The number of piperidine rings is 1. The van der Waals surface area contributed by atoms with Crippen molar-refractivity contribution in [3.8, 4) is 5.75 Å². The van der Waals surface area contributed by atoms with Crippen LogP contribution in [-0.2, 0) is 4.79 Å². The number of pyridine rings is 1. The molecule has 1 unspecified atom stereocenters. The lowest BCUT2D eigenvalue weighted by molar-refractivity contribution is -0.149. The van der Waals surface area contributed by atoms with E-state index in [0.717, 1.165) is 36.9 Å². The fourth-order valence-corrected chi connectivity index (χ4v) is 3.72. The van der Waals surface area contributed by atoms with Gasteiger partial charge in [0.15, 0.2) is 5.60 Å². The van der Waals surface area contributed by atoms with Crippen molar-refractivity contribution in [3.05, 3.63) is 59.9 Å². The fraction of sp³-hybridized carbons (Fsp3) is 0.417. The van der Waals surface area contributed by atoms with Gasteiger partial charge >= 0.3 is 0 Å². The summed E-state index contributed by atoms with van der Waals surface area (Å²) in [6.45, 7) is 4.47. The normalized spacial score (nSPS) is 17.5. The quantitative estimate of drug-likeness (QED) is 0.765. The zero-order chi connectivity index (χ0) is 20.7. The maximum absolute atomic E-state index is 13.1. The third kappa shape index (κ3) is 5.67. The van der Waals surface area contributed by atoms with Crippen molar-refractivity contribution in [1.82, 2.24) is 9.88 Å². The second-order valence-corrected chi connectivity index (χ2v) is 7.96. The maximum atomic E-state index is 13.1. The van der Waals surface area contributed by atoms with Gasteiger partial charge in [0.1, 0.15) is 5.75 Å². The Morgan fingerprint density at radius 1 is 1.14 bits per heavy atom. The van der Waals surface area contributed by atoms with Crippen LogP contribution in [-0.4, -0.2) is 45.7 Å². The molecule has 0 aliphatic carbocycles. The number of aliphatic hydroxyl groups excluding tert-OH is 1. The van der Waals surface area contributed by atoms with Crippen molar-refractivity contribution >= 4 is 18.1 Å². The molecular formula is C24H30N2O3. The molecule has 1 atom stereocenters. The van der Waals surface area contributed by atoms with Gasteiger partial charge in [-0.2, -0.15) is 0 Å². The van der Waals surface area contributed by atoms with E-state index < -0.39 is 5.60 Å². The van der Waals surface area contributed by atoms with Gasteiger partial charge in [-0.25, -0.2) is 0 Å². The molecule has 2 heterocycles. The van der Waals surface area contributed by atoms with Crippen LogP contribution in [0.1, 0.15) is 50.7 Å². The molecule has 3 rings (SSSR count). The number of ether oxygens (including phenoxy) is 1. The van der Waals surface area contributed by atoms with Crippen LogP contribution in [0.2, 0.25) is 0 Å². The van der Waals surface area contributed by atoms with Crippen molar-refractivity contribution < 1.29 is 14.6 Å². The van der Waals surface area contributed by atoms with E-state index in [9.17, 15) is 9.90 Å². The third-order valence-electron chi connectivity index (χ3n) is 5.29. The lowest BCUT2D eigenvalue weighted by Gasteiger charge is -2.40. The van der Waals surface area contributed by atoms with Crippen molar-refractivity contribution in [2.75, 3.05) is 13.2 Å². The minimum atomic E-state index is -0.959. The van der Waals surface area contributed by atoms with E-state index in [1.165, 1.54) is 0 Å². The summed E-state index contributed by atoms with van der Waals surface area (Å²) in [7, 11) is 0. The highest BCUT2D eigenvalue weighted by molar-refractivity contribution is 5.85. The van der Waals surface area contributed by atoms with Gasteiger partial charge in [-0.1, -0.05) is 24.3 Å². The Morgan fingerprint density at radius 3 is 2.45 bits per heavy atom. The fourth-order valence-electron chi connectivity index (χ4n) is 3.72. The van der Waals surface area contributed by atoms with Crippen molar-refractivity contribution in [1.29, 1.82) is 0 Å². The number of amides is 1. The van der Waals surface area contributed by atoms with E-state index in [1.807, 2.05) is 67.3 Å². The molecule has 1 saturated heterocycles. The molecular weight excluding hydrogens is 364 g/mol. The summed E-state index contributed by atoms with van der Waals surface area (Å²) in [4.78, 5) is 19.0. The zero-order valence-electron chi connectivity index (χ0n) is 17.3. The van der Waals surface area contributed by atoms with E-state index >= 15 is 0 Å². The zero-order valence-corrected chi connectivity index (χ0v) is 17.3. The number of benzene rings is 1. The lowest BCUT2D eigenvalue weighted by Crippen LogP contribution is -2.54. The molecule has 0 bridgehead atoms. The first kappa shape index (κ1) is 21.1. The molecule has 1 aromatic carbocycles. The van der Waals surface area contributed by atoms with Crippen LogP contribution >= 0.6 is 0 Å². The third-order valence-corrected chi connectivity index (χ3v) is 5.29. The molecule has 0 saturated carbocycles. The molecule has 5 heteroatoms. The Labute approximate surface area is 173 Å². The van der Waals surface area contributed by atoms with Gasteiger partial charge in [0, 0.05) is 31.6 Å². The van der Waals surface area contributed by atoms with Crippen LogP contribution < -0.4 is 4.74 Å². The molecule has 1 aliphatic heterocycles. The minimum absolute atomic E-state index is 0.0164. The molecule has 29 heavy (non-hydrogen) atoms. The SMILES string of the molecule is CC(C)(Oc1ccc(/C=C/c2ccncc2)cc1)C(=O)N1CCCCC1CCO. The summed E-state index contributed by atoms with van der Waals surface area (Å²) in [5.41, 5.74) is 1.18. The summed E-state index contributed by atoms with van der Waals surface area (Å²) in [6, 6.07) is 11.7. The Morgan fingerprint density at radius 2 is 1.79 bits per heavy atom. The summed E-state index contributed by atoms with van der Waals surface area (Å²) in [5, 5.41) is 9.32. The highest BCUT2D eigenvalue weighted by Gasteiger charge is 2.38. The molecule has 2 aromatic rings. The minimum Gasteiger partial charge on any atom is -0.478 e. The largest absolute Gasteiger partial charge is 0.478 e. The number of hydrogen-bond acceptors (Lipinski definition) is 4. The Hall–Kier alpha value is -2.66. The number of hydrogen-bond donors (Lipinski definition) is 1. The first-order valence-electron chi connectivity index (χ1n) is 10.3. The summed E-state index contributed by atoms with van der Waals surface area (Å²) in [6.07, 6.45) is 11.3. The molecule has 1 N–H and O–H groups in total. The van der Waals surface area contributed by atoms with Gasteiger partial charge in [-0.15, -0.1) is 0 Å². The highest BCUT2D eigenvalue weighted by Crippen LogP contribution is 2.26. The van der Waals surface area contributed by atoms with Crippen LogP contribution in [0.4, 0.5) is 0 Å². The first-order valence-corrected chi connectivity index (χ1v) is 10.3. The van der Waals surface area contributed by atoms with Gasteiger partial charge in [0.25, 0.3) is 5.91 Å². The van der Waals surface area contributed by atoms with Crippen LogP contribution in [0.3, 0.4) is 0 Å². The van der Waals surface area contributed by atoms with Crippen LogP contribution in [0, 0.1) is 0 Å². The number of carbonyl (C=O) groups excluding carboxylic acids is 1. The van der Waals surface area contributed by atoms with Crippen LogP contribution in [0.15, 0.2) is 48.8 Å². The van der Waals surface area contributed by atoms with Crippen LogP contribution in [0.5, 0.6) is 5.75 Å². The lowest BCUT2D eigenvalue weighted by atomic mass is 9.96. The van der Waals surface area contributed by atoms with E-state index in [0.29, 0.717) is 12.2 Å². The Kier molecular flexibility index (Phi) is 7.04. The van der Waals surface area contributed by atoms with E-state index in [1.54, 1.807) is 12.4 Å². The molecule has 1 aromatic heterocycles. The molecule has 1 fully saturated rings. The smallest absolute Gasteiger partial charge is 0.266 e. The number of carbonyl (C=O) groups is 1. The van der Waals surface area contributed by atoms with Crippen LogP contribution in [0.25, 0.3) is 12.2 Å². The van der Waals surface area contributed by atoms with E-state index in [4.69, 9.17) is 4.74 Å². The van der Waals surface area contributed by atoms with Crippen molar-refractivity contribution in [2.24, 2.45) is 0 Å². The van der Waals surface area contributed by atoms with Gasteiger partial charge in [-0.05, 0) is 74.9 Å². The molecule has 0 radical (unpaired) electrons. The predicted octanol–water partition coefficient (Wildman–Crippen LogP) is 4.17. The number of aliphatic hydroxyl groups is 1. The molecule has 1 aliphatic rings. The average molecular weight is 395 g/mol. The average Bonchev–Trinajstić information content (AvgIpc) is 2.74. The van der Waals surface area contributed by atoms with Gasteiger partial charge in [-0.3, -0.25) is 9.78 Å². The second-order valence-electron chi connectivity index (χ2n) is 7.96. The van der Waals surface area contributed by atoms with E-state index in [-0.39, 0.29) is 18.6 Å². The predicted molar refractivity (Wildman–Crippen MR) is 115 cm³/mol. The standard InChI is InChI=1S/C24H30N2O3/c1-24(2,23(28)26-17-4-3-5-21(26)14-18-27)29-22-10-8-19(9-11-22)6-7-20-12-15-25-16-13-20/h6-13,15-16,21,27H,3-5,14,17-18H2,1-2H3/b7-6+. The molecule has 154 valence electrons. The number of rotatable bonds is 7. The monoisotopic (exact) mass is 394 g/mol. The van der Waals surface area contributed by atoms with Crippen molar-refractivity contribution in [3.63, 3.8) is 0 Å². The summed E-state index contributed by atoms with van der Waals surface area (Å²) >= 11 is 0. The summed E-state index contributed by atoms with van der Waals surface area (Å²) < 4.78 is 6.08. The Balaban J connectivity index is 1.64. The Bertz CT molecular complexity index is 814. The number of likely N-dealkylation sites (tertiary alicyclic amines) is 1. The summed E-state index contributed by atoms with van der Waals surface area (Å²) in [5.74, 6) is 0.650. The van der Waals surface area contributed by atoms with Crippen molar-refractivity contribution in [2.45, 2.75) is 51.2 Å². The molecule has 5 nitrogen and oxygen atoms in total. The second kappa shape index (κ2) is 9.70. The van der Waals surface area contributed by atoms with Gasteiger partial charge in [0.05, 0.1) is 0 Å². The first-order chi connectivity index (χ1) is 14.0. The maximum Gasteiger partial charge on any atom is 0.266 e. The number of nitrogens with zero attached hydrogens (tertiary/aromatic N) is 2. The molecule has 0 spiro atoms. The van der Waals surface area contributed by atoms with E-state index in [2.05, 4.69) is 4.98 Å². The highest BCUT2D eigenvalue weighted by atomic mass is 16.5. The molecule has 1 amide bonds.